The Morgan fingerprint density at radius 3 is 2.33 bits per heavy atom. The van der Waals surface area contributed by atoms with Crippen molar-refractivity contribution in [1.29, 1.82) is 0 Å². The van der Waals surface area contributed by atoms with Gasteiger partial charge in [0.1, 0.15) is 0 Å². The summed E-state index contributed by atoms with van der Waals surface area (Å²) in [6.07, 6.45) is 1.50. The van der Waals surface area contributed by atoms with Gasteiger partial charge in [0.15, 0.2) is 0 Å². The van der Waals surface area contributed by atoms with E-state index in [1.807, 2.05) is 51.1 Å². The molecule has 0 unspecified atom stereocenters. The molecule has 0 aromatic heterocycles. The van der Waals surface area contributed by atoms with Crippen molar-refractivity contribution in [3.63, 3.8) is 0 Å². The van der Waals surface area contributed by atoms with E-state index < -0.39 is 10.1 Å². The van der Waals surface area contributed by atoms with Gasteiger partial charge >= 0.3 is 0 Å². The van der Waals surface area contributed by atoms with Crippen LogP contribution in [0.25, 0.3) is 0 Å². The molecule has 0 N–H and O–H groups in total. The Morgan fingerprint density at radius 1 is 1.17 bits per heavy atom. The Morgan fingerprint density at radius 2 is 1.78 bits per heavy atom. The van der Waals surface area contributed by atoms with Crippen LogP contribution < -0.4 is 0 Å². The van der Waals surface area contributed by atoms with Gasteiger partial charge in [0, 0.05) is 5.41 Å². The van der Waals surface area contributed by atoms with Gasteiger partial charge in [-0.1, -0.05) is 57.5 Å². The van der Waals surface area contributed by atoms with Crippen molar-refractivity contribution < 1.29 is 12.6 Å². The van der Waals surface area contributed by atoms with Crippen LogP contribution in [0.1, 0.15) is 39.2 Å². The number of benzene rings is 1. The molecule has 0 saturated carbocycles. The lowest BCUT2D eigenvalue weighted by Gasteiger charge is -2.24. The molecule has 102 valence electrons. The molecule has 4 heteroatoms. The van der Waals surface area contributed by atoms with Crippen LogP contribution in [0.3, 0.4) is 0 Å². The Hall–Kier alpha value is -0.870. The summed E-state index contributed by atoms with van der Waals surface area (Å²) in [6, 6.07) is 9.81. The first-order valence-electron chi connectivity index (χ1n) is 6.30. The topological polar surface area (TPSA) is 43.4 Å². The molecule has 0 aliphatic heterocycles. The number of hydrogen-bond donors (Lipinski definition) is 0. The van der Waals surface area contributed by atoms with Crippen molar-refractivity contribution in [2.75, 3.05) is 12.4 Å². The van der Waals surface area contributed by atoms with Crippen LogP contribution in [0, 0.1) is 0 Å². The lowest BCUT2D eigenvalue weighted by molar-refractivity contribution is 0.245. The van der Waals surface area contributed by atoms with Gasteiger partial charge in [0.05, 0.1) is 12.4 Å². The van der Waals surface area contributed by atoms with Gasteiger partial charge in [-0.3, -0.25) is 4.18 Å². The molecule has 0 aliphatic rings. The summed E-state index contributed by atoms with van der Waals surface area (Å²) in [4.78, 5) is 0. The first-order chi connectivity index (χ1) is 8.37. The zero-order valence-electron chi connectivity index (χ0n) is 11.3. The van der Waals surface area contributed by atoms with Gasteiger partial charge in [0.2, 0.25) is 0 Å². The van der Waals surface area contributed by atoms with Gasteiger partial charge in [0.25, 0.3) is 10.1 Å². The van der Waals surface area contributed by atoms with Crippen LogP contribution in [-0.4, -0.2) is 20.8 Å². The van der Waals surface area contributed by atoms with Crippen molar-refractivity contribution >= 4 is 10.1 Å². The summed E-state index contributed by atoms with van der Waals surface area (Å²) < 4.78 is 28.4. The van der Waals surface area contributed by atoms with E-state index in [0.29, 0.717) is 6.42 Å². The highest BCUT2D eigenvalue weighted by atomic mass is 32.2. The maximum absolute atomic E-state index is 11.6. The first kappa shape index (κ1) is 15.2. The third kappa shape index (κ3) is 4.78. The first-order valence-corrected chi connectivity index (χ1v) is 7.88. The maximum Gasteiger partial charge on any atom is 0.267 e. The number of hydrogen-bond acceptors (Lipinski definition) is 3. The predicted molar refractivity (Wildman–Crippen MR) is 74.1 cm³/mol. The molecule has 1 rings (SSSR count). The van der Waals surface area contributed by atoms with Crippen LogP contribution in [-0.2, 0) is 19.7 Å². The summed E-state index contributed by atoms with van der Waals surface area (Å²) in [5, 5.41) is 0. The quantitative estimate of drug-likeness (QED) is 0.715. The zero-order chi connectivity index (χ0) is 13.6. The summed E-state index contributed by atoms with van der Waals surface area (Å²) in [7, 11) is -3.38. The molecule has 1 aromatic carbocycles. The predicted octanol–water partition coefficient (Wildman–Crippen LogP) is 3.11. The van der Waals surface area contributed by atoms with E-state index in [4.69, 9.17) is 4.18 Å². The molecular formula is C14H22O3S. The van der Waals surface area contributed by atoms with Crippen LogP contribution in [0.5, 0.6) is 0 Å². The van der Waals surface area contributed by atoms with Crippen molar-refractivity contribution in [2.24, 2.45) is 0 Å². The molecule has 3 nitrogen and oxygen atoms in total. The third-order valence-electron chi connectivity index (χ3n) is 2.90. The lowest BCUT2D eigenvalue weighted by atomic mass is 9.86. The highest BCUT2D eigenvalue weighted by Gasteiger charge is 2.24. The van der Waals surface area contributed by atoms with Crippen molar-refractivity contribution in [1.82, 2.24) is 0 Å². The normalized spacial score (nSPS) is 12.6. The smallest absolute Gasteiger partial charge is 0.267 e. The van der Waals surface area contributed by atoms with E-state index in [0.717, 1.165) is 12.0 Å². The Kier molecular flexibility index (Phi) is 5.35. The highest BCUT2D eigenvalue weighted by Crippen LogP contribution is 2.23. The average molecular weight is 270 g/mol. The monoisotopic (exact) mass is 270 g/mol. The zero-order valence-corrected chi connectivity index (χ0v) is 12.2. The maximum atomic E-state index is 11.6. The minimum Gasteiger partial charge on any atom is -0.269 e. The van der Waals surface area contributed by atoms with Crippen molar-refractivity contribution in [2.45, 2.75) is 39.0 Å². The van der Waals surface area contributed by atoms with E-state index in [-0.39, 0.29) is 17.8 Å². The van der Waals surface area contributed by atoms with Crippen molar-refractivity contribution in [3.05, 3.63) is 35.9 Å². The molecule has 1 aromatic rings. The molecule has 18 heavy (non-hydrogen) atoms. The van der Waals surface area contributed by atoms with Gasteiger partial charge in [-0.25, -0.2) is 0 Å². The molecule has 0 radical (unpaired) electrons. The average Bonchev–Trinajstić information content (AvgIpc) is 2.36. The van der Waals surface area contributed by atoms with Crippen LogP contribution >= 0.6 is 0 Å². The van der Waals surface area contributed by atoms with E-state index in [1.165, 1.54) is 0 Å². The summed E-state index contributed by atoms with van der Waals surface area (Å²) in [5.74, 6) is 0.106. The summed E-state index contributed by atoms with van der Waals surface area (Å²) in [5.41, 5.74) is 0.774. The van der Waals surface area contributed by atoms with Crippen LogP contribution in [0.15, 0.2) is 30.3 Å². The second kappa shape index (κ2) is 6.34. The molecule has 0 amide bonds. The third-order valence-corrected chi connectivity index (χ3v) is 4.17. The van der Waals surface area contributed by atoms with Gasteiger partial charge in [-0.05, 0) is 12.0 Å². The van der Waals surface area contributed by atoms with Crippen molar-refractivity contribution in [3.8, 4) is 0 Å². The molecule has 0 bridgehead atoms. The highest BCUT2D eigenvalue weighted by molar-refractivity contribution is 7.86. The molecule has 0 aliphatic carbocycles. The van der Waals surface area contributed by atoms with Gasteiger partial charge < -0.3 is 0 Å². The fourth-order valence-corrected chi connectivity index (χ4v) is 2.82. The van der Waals surface area contributed by atoms with E-state index >= 15 is 0 Å². The van der Waals surface area contributed by atoms with Crippen LogP contribution in [0.4, 0.5) is 0 Å². The van der Waals surface area contributed by atoms with Gasteiger partial charge in [-0.15, -0.1) is 0 Å². The van der Waals surface area contributed by atoms with Crippen LogP contribution in [0.2, 0.25) is 0 Å². The van der Waals surface area contributed by atoms with E-state index in [9.17, 15) is 8.42 Å². The van der Waals surface area contributed by atoms with E-state index in [2.05, 4.69) is 0 Å². The lowest BCUT2D eigenvalue weighted by Crippen LogP contribution is -2.27. The minimum absolute atomic E-state index is 0.106. The fraction of sp³-hybridized carbons (Fsp3) is 0.571. The van der Waals surface area contributed by atoms with Gasteiger partial charge in [-0.2, -0.15) is 8.42 Å². The van der Waals surface area contributed by atoms with E-state index in [1.54, 1.807) is 0 Å². The molecule has 0 fully saturated rings. The molecule has 0 saturated heterocycles. The summed E-state index contributed by atoms with van der Waals surface area (Å²) >= 11 is 0. The second-order valence-corrected chi connectivity index (χ2v) is 6.89. The largest absolute Gasteiger partial charge is 0.269 e. The molecular weight excluding hydrogens is 248 g/mol. The SMILES string of the molecule is CCCCS(=O)(=O)OCC(C)(C)c1ccccc1. The Labute approximate surface area is 110 Å². The molecule has 0 atom stereocenters. The molecule has 0 heterocycles. The number of rotatable bonds is 7. The minimum atomic E-state index is -3.38. The summed E-state index contributed by atoms with van der Waals surface area (Å²) in [6.45, 7) is 6.11. The fourth-order valence-electron chi connectivity index (χ4n) is 1.59. The Bertz CT molecular complexity index is 449. The standard InChI is InChI=1S/C14H22O3S/c1-4-5-11-18(15,16)17-12-14(2,3)13-9-7-6-8-10-13/h6-10H,4-5,11-12H2,1-3H3. The number of unbranched alkanes of at least 4 members (excludes halogenated alkanes) is 1. The molecule has 0 spiro atoms. The second-order valence-electron chi connectivity index (χ2n) is 5.13. The Balaban J connectivity index is 2.62.